The fourth-order valence-corrected chi connectivity index (χ4v) is 0.938. The van der Waals surface area contributed by atoms with Crippen LogP contribution in [0.1, 0.15) is 5.56 Å². The van der Waals surface area contributed by atoms with Crippen molar-refractivity contribution in [1.29, 1.82) is 0 Å². The maximum absolute atomic E-state index is 12.4. The minimum Gasteiger partial charge on any atom is -0.277 e. The smallest absolute Gasteiger partial charge is 0.247 e. The zero-order valence-corrected chi connectivity index (χ0v) is 7.21. The van der Waals surface area contributed by atoms with Gasteiger partial charge in [-0.2, -0.15) is 0 Å². The molecule has 0 aliphatic heterocycles. The lowest BCUT2D eigenvalue weighted by Gasteiger charge is -2.01. The second-order valence-electron chi connectivity index (χ2n) is 2.53. The number of hydroxylamine groups is 1. The van der Waals surface area contributed by atoms with Crippen molar-refractivity contribution in [2.24, 2.45) is 0 Å². The van der Waals surface area contributed by atoms with E-state index >= 15 is 0 Å². The largest absolute Gasteiger partial charge is 0.277 e. The molecule has 0 aliphatic rings. The lowest BCUT2D eigenvalue weighted by molar-refractivity contribution is -0.130. The predicted octanol–water partition coefficient (Wildman–Crippen LogP) is 1.05. The second kappa shape index (κ2) is 4.57. The van der Waals surface area contributed by atoms with Crippen LogP contribution in [0.4, 0.5) is 4.39 Å². The quantitative estimate of drug-likeness (QED) is 0.711. The van der Waals surface area contributed by atoms with E-state index in [4.69, 9.17) is 0 Å². The number of hydrogen-bond donors (Lipinski definition) is 1. The van der Waals surface area contributed by atoms with E-state index in [0.29, 0.717) is 0 Å². The van der Waals surface area contributed by atoms with Crippen LogP contribution in [0.5, 0.6) is 0 Å². The maximum atomic E-state index is 12.4. The van der Waals surface area contributed by atoms with Crippen molar-refractivity contribution in [3.8, 4) is 0 Å². The molecule has 13 heavy (non-hydrogen) atoms. The summed E-state index contributed by atoms with van der Waals surface area (Å²) in [6.45, 7) is 0. The van der Waals surface area contributed by atoms with Gasteiger partial charge in [-0.1, -0.05) is 12.1 Å². The second-order valence-corrected chi connectivity index (χ2v) is 2.53. The van der Waals surface area contributed by atoms with Gasteiger partial charge < -0.3 is 0 Å². The molecule has 0 radical (unpaired) electrons. The summed E-state index contributed by atoms with van der Waals surface area (Å²) in [4.78, 5) is 15.4. The highest BCUT2D eigenvalue weighted by atomic mass is 19.1. The summed E-state index contributed by atoms with van der Waals surface area (Å²) >= 11 is 0. The predicted molar refractivity (Wildman–Crippen MR) is 45.3 cm³/mol. The van der Waals surface area contributed by atoms with Gasteiger partial charge in [0.1, 0.15) is 5.82 Å². The fraction of sp³-hybridized carbons (Fsp3) is 0.222. The zero-order chi connectivity index (χ0) is 9.68. The third-order valence-electron chi connectivity index (χ3n) is 1.49. The zero-order valence-electron chi connectivity index (χ0n) is 7.21. The summed E-state index contributed by atoms with van der Waals surface area (Å²) in [5.74, 6) is -0.565. The van der Waals surface area contributed by atoms with Crippen molar-refractivity contribution < 1.29 is 14.0 Å². The van der Waals surface area contributed by atoms with E-state index in [-0.39, 0.29) is 18.1 Å². The molecular formula is C9H10FNO2. The first-order valence-corrected chi connectivity index (χ1v) is 3.78. The molecule has 0 unspecified atom stereocenters. The van der Waals surface area contributed by atoms with Gasteiger partial charge in [0.25, 0.3) is 0 Å². The first kappa shape index (κ1) is 9.67. The molecule has 1 amide bonds. The van der Waals surface area contributed by atoms with Crippen LogP contribution in [0, 0.1) is 5.82 Å². The molecule has 0 aromatic heterocycles. The molecule has 0 saturated heterocycles. The minimum absolute atomic E-state index is 0.189. The summed E-state index contributed by atoms with van der Waals surface area (Å²) in [5, 5.41) is 0. The Morgan fingerprint density at radius 2 is 2.08 bits per heavy atom. The van der Waals surface area contributed by atoms with Crippen LogP contribution in [-0.4, -0.2) is 13.0 Å². The lowest BCUT2D eigenvalue weighted by Crippen LogP contribution is -2.23. The van der Waals surface area contributed by atoms with E-state index in [1.54, 1.807) is 12.1 Å². The van der Waals surface area contributed by atoms with Crippen LogP contribution in [0.25, 0.3) is 0 Å². The average Bonchev–Trinajstić information content (AvgIpc) is 2.09. The highest BCUT2D eigenvalue weighted by molar-refractivity contribution is 5.77. The van der Waals surface area contributed by atoms with Gasteiger partial charge in [0.05, 0.1) is 13.5 Å². The molecule has 1 N–H and O–H groups in total. The summed E-state index contributed by atoms with van der Waals surface area (Å²) < 4.78 is 12.4. The Morgan fingerprint density at radius 1 is 1.46 bits per heavy atom. The van der Waals surface area contributed by atoms with Crippen LogP contribution in [0.15, 0.2) is 24.3 Å². The van der Waals surface area contributed by atoms with Crippen LogP contribution >= 0.6 is 0 Å². The van der Waals surface area contributed by atoms with Crippen molar-refractivity contribution in [3.63, 3.8) is 0 Å². The van der Waals surface area contributed by atoms with Gasteiger partial charge in [-0.25, -0.2) is 9.87 Å². The molecule has 0 saturated carbocycles. The standard InChI is InChI=1S/C9H10FNO2/c1-13-11-9(12)6-7-2-4-8(10)5-3-7/h2-5H,6H2,1H3,(H,11,12). The van der Waals surface area contributed by atoms with Crippen LogP contribution < -0.4 is 5.48 Å². The highest BCUT2D eigenvalue weighted by Gasteiger charge is 2.01. The third-order valence-corrected chi connectivity index (χ3v) is 1.49. The number of rotatable bonds is 3. The summed E-state index contributed by atoms with van der Waals surface area (Å²) in [6.07, 6.45) is 0.189. The Bertz CT molecular complexity index is 284. The lowest BCUT2D eigenvalue weighted by atomic mass is 10.1. The van der Waals surface area contributed by atoms with E-state index in [1.807, 2.05) is 0 Å². The van der Waals surface area contributed by atoms with Crippen molar-refractivity contribution >= 4 is 5.91 Å². The number of halogens is 1. The number of amides is 1. The van der Waals surface area contributed by atoms with Crippen molar-refractivity contribution in [2.75, 3.05) is 7.11 Å². The van der Waals surface area contributed by atoms with Crippen LogP contribution in [-0.2, 0) is 16.1 Å². The SMILES string of the molecule is CONC(=O)Cc1ccc(F)cc1. The van der Waals surface area contributed by atoms with Gasteiger partial charge >= 0.3 is 0 Å². The minimum atomic E-state index is -0.309. The number of benzene rings is 1. The molecule has 0 spiro atoms. The average molecular weight is 183 g/mol. The first-order valence-electron chi connectivity index (χ1n) is 3.78. The highest BCUT2D eigenvalue weighted by Crippen LogP contribution is 2.02. The molecule has 0 heterocycles. The van der Waals surface area contributed by atoms with E-state index in [0.717, 1.165) is 5.56 Å². The van der Waals surface area contributed by atoms with E-state index in [1.165, 1.54) is 19.2 Å². The molecule has 1 rings (SSSR count). The topological polar surface area (TPSA) is 38.3 Å². The molecular weight excluding hydrogens is 173 g/mol. The van der Waals surface area contributed by atoms with Gasteiger partial charge in [-0.05, 0) is 17.7 Å². The Hall–Kier alpha value is -1.42. The van der Waals surface area contributed by atoms with Gasteiger partial charge in [0, 0.05) is 0 Å². The van der Waals surface area contributed by atoms with Gasteiger partial charge in [0.2, 0.25) is 5.91 Å². The van der Waals surface area contributed by atoms with Crippen LogP contribution in [0.2, 0.25) is 0 Å². The molecule has 1 aromatic carbocycles. The molecule has 0 aliphatic carbocycles. The molecule has 4 heteroatoms. The van der Waals surface area contributed by atoms with Gasteiger partial charge in [-0.3, -0.25) is 9.63 Å². The monoisotopic (exact) mass is 183 g/mol. The molecule has 0 bridgehead atoms. The molecule has 0 fully saturated rings. The number of hydrogen-bond acceptors (Lipinski definition) is 2. The number of nitrogens with one attached hydrogen (secondary N) is 1. The van der Waals surface area contributed by atoms with E-state index in [2.05, 4.69) is 10.3 Å². The number of carbonyl (C=O) groups excluding carboxylic acids is 1. The van der Waals surface area contributed by atoms with Crippen molar-refractivity contribution in [3.05, 3.63) is 35.6 Å². The molecule has 0 atom stereocenters. The first-order chi connectivity index (χ1) is 6.22. The Kier molecular flexibility index (Phi) is 3.40. The summed E-state index contributed by atoms with van der Waals surface area (Å²) in [6, 6.07) is 5.75. The van der Waals surface area contributed by atoms with Gasteiger partial charge in [-0.15, -0.1) is 0 Å². The van der Waals surface area contributed by atoms with Gasteiger partial charge in [0.15, 0.2) is 0 Å². The fourth-order valence-electron chi connectivity index (χ4n) is 0.938. The molecule has 1 aromatic rings. The number of carbonyl (C=O) groups is 1. The Labute approximate surface area is 75.5 Å². The van der Waals surface area contributed by atoms with Crippen molar-refractivity contribution in [2.45, 2.75) is 6.42 Å². The third kappa shape index (κ3) is 3.21. The van der Waals surface area contributed by atoms with Crippen LogP contribution in [0.3, 0.4) is 0 Å². The van der Waals surface area contributed by atoms with E-state index in [9.17, 15) is 9.18 Å². The molecule has 70 valence electrons. The maximum Gasteiger partial charge on any atom is 0.247 e. The van der Waals surface area contributed by atoms with Crippen molar-refractivity contribution in [1.82, 2.24) is 5.48 Å². The van der Waals surface area contributed by atoms with E-state index < -0.39 is 0 Å². The summed E-state index contributed by atoms with van der Waals surface area (Å²) in [5.41, 5.74) is 2.92. The molecule has 3 nitrogen and oxygen atoms in total. The normalized spacial score (nSPS) is 9.69. The Balaban J connectivity index is 2.54. The summed E-state index contributed by atoms with van der Waals surface area (Å²) in [7, 11) is 1.36. The Morgan fingerprint density at radius 3 is 2.62 bits per heavy atom.